The molecule has 0 radical (unpaired) electrons. The minimum Gasteiger partial charge on any atom is -0.357 e. The number of nitrogens with zero attached hydrogens (tertiary/aromatic N) is 3. The molecule has 2 N–H and O–H groups in total. The first-order valence-electron chi connectivity index (χ1n) is 11.3. The van der Waals surface area contributed by atoms with Crippen LogP contribution in [0.1, 0.15) is 50.8 Å². The predicted molar refractivity (Wildman–Crippen MR) is 137 cm³/mol. The van der Waals surface area contributed by atoms with E-state index in [1.54, 1.807) is 0 Å². The summed E-state index contributed by atoms with van der Waals surface area (Å²) in [5, 5.41) is 9.36. The van der Waals surface area contributed by atoms with Crippen LogP contribution in [0.25, 0.3) is 0 Å². The maximum atomic E-state index is 4.97. The summed E-state index contributed by atoms with van der Waals surface area (Å²) in [5.41, 5.74) is 0. The fourth-order valence-corrected chi connectivity index (χ4v) is 5.16. The third-order valence-electron chi connectivity index (χ3n) is 5.88. The number of nitrogens with one attached hydrogen (secondary N) is 2. The summed E-state index contributed by atoms with van der Waals surface area (Å²) in [5.74, 6) is 1.70. The third kappa shape index (κ3) is 8.71. The van der Waals surface area contributed by atoms with E-state index in [1.165, 1.54) is 69.7 Å². The van der Waals surface area contributed by atoms with Gasteiger partial charge in [-0.3, -0.25) is 9.89 Å². The Morgan fingerprint density at radius 2 is 2.00 bits per heavy atom. The average Bonchev–Trinajstić information content (AvgIpc) is 3.21. The molecule has 1 atom stereocenters. The second kappa shape index (κ2) is 13.8. The number of piperidine rings is 2. The van der Waals surface area contributed by atoms with E-state index in [-0.39, 0.29) is 24.0 Å². The summed E-state index contributed by atoms with van der Waals surface area (Å²) in [6.45, 7) is 13.5. The second-order valence-electron chi connectivity index (χ2n) is 8.30. The zero-order valence-electron chi connectivity index (χ0n) is 18.2. The quantitative estimate of drug-likeness (QED) is 0.301. The van der Waals surface area contributed by atoms with Gasteiger partial charge in [0.15, 0.2) is 5.96 Å². The minimum absolute atomic E-state index is 0. The molecule has 166 valence electrons. The molecular formula is C22H40IN5S. The van der Waals surface area contributed by atoms with Crippen molar-refractivity contribution in [2.75, 3.05) is 45.8 Å². The molecular weight excluding hydrogens is 493 g/mol. The minimum atomic E-state index is 0. The molecule has 3 rings (SSSR count). The van der Waals surface area contributed by atoms with Crippen molar-refractivity contribution in [3.63, 3.8) is 0 Å². The van der Waals surface area contributed by atoms with Gasteiger partial charge in [-0.05, 0) is 69.5 Å². The number of thiophene rings is 1. The largest absolute Gasteiger partial charge is 0.357 e. The van der Waals surface area contributed by atoms with Gasteiger partial charge in [0.05, 0.1) is 0 Å². The topological polar surface area (TPSA) is 42.9 Å². The SMILES string of the molecule is CCCN1CCC(NC(=NCC2CCCN(Cc3cccs3)C2)NCC)CC1.I. The first-order valence-corrected chi connectivity index (χ1v) is 12.2. The highest BCUT2D eigenvalue weighted by Gasteiger charge is 2.22. The molecule has 0 saturated carbocycles. The maximum Gasteiger partial charge on any atom is 0.191 e. The Balaban J connectivity index is 0.00000300. The van der Waals surface area contributed by atoms with Gasteiger partial charge in [0.25, 0.3) is 0 Å². The van der Waals surface area contributed by atoms with Crippen molar-refractivity contribution >= 4 is 41.3 Å². The van der Waals surface area contributed by atoms with Crippen LogP contribution in [-0.2, 0) is 6.54 Å². The van der Waals surface area contributed by atoms with Crippen LogP contribution < -0.4 is 10.6 Å². The highest BCUT2D eigenvalue weighted by Crippen LogP contribution is 2.20. The van der Waals surface area contributed by atoms with E-state index in [9.17, 15) is 0 Å². The van der Waals surface area contributed by atoms with Crippen molar-refractivity contribution in [3.8, 4) is 0 Å². The normalized spacial score (nSPS) is 22.3. The lowest BCUT2D eigenvalue weighted by Crippen LogP contribution is -2.49. The molecule has 0 bridgehead atoms. The first kappa shape index (κ1) is 24.9. The molecule has 2 aliphatic rings. The number of halogens is 1. The first-order chi connectivity index (χ1) is 13.8. The van der Waals surface area contributed by atoms with Crippen LogP contribution in [0.2, 0.25) is 0 Å². The summed E-state index contributed by atoms with van der Waals surface area (Å²) < 4.78 is 0. The molecule has 1 aromatic rings. The monoisotopic (exact) mass is 533 g/mol. The molecule has 0 spiro atoms. The Bertz CT molecular complexity index is 572. The van der Waals surface area contributed by atoms with Gasteiger partial charge in [0, 0.05) is 50.2 Å². The van der Waals surface area contributed by atoms with Crippen LogP contribution in [0, 0.1) is 5.92 Å². The van der Waals surface area contributed by atoms with Crippen molar-refractivity contribution in [1.29, 1.82) is 0 Å². The molecule has 2 aliphatic heterocycles. The average molecular weight is 534 g/mol. The zero-order chi connectivity index (χ0) is 19.6. The summed E-state index contributed by atoms with van der Waals surface area (Å²) in [6, 6.07) is 4.98. The van der Waals surface area contributed by atoms with Crippen molar-refractivity contribution < 1.29 is 0 Å². The standard InChI is InChI=1S/C22H39N5S.HI/c1-3-11-26-13-9-20(10-14-26)25-22(23-4-2)24-16-19-7-5-12-27(17-19)18-21-8-6-15-28-21;/h6,8,15,19-20H,3-5,7,9-14,16-18H2,1-2H3,(H2,23,24,25);1H. The molecule has 29 heavy (non-hydrogen) atoms. The van der Waals surface area contributed by atoms with E-state index in [0.29, 0.717) is 12.0 Å². The molecule has 3 heterocycles. The lowest BCUT2D eigenvalue weighted by Gasteiger charge is -2.33. The summed E-state index contributed by atoms with van der Waals surface area (Å²) in [4.78, 5) is 11.7. The molecule has 0 aromatic carbocycles. The van der Waals surface area contributed by atoms with Crippen molar-refractivity contribution in [1.82, 2.24) is 20.4 Å². The van der Waals surface area contributed by atoms with E-state index >= 15 is 0 Å². The van der Waals surface area contributed by atoms with Gasteiger partial charge >= 0.3 is 0 Å². The molecule has 2 fully saturated rings. The van der Waals surface area contributed by atoms with Gasteiger partial charge in [0.1, 0.15) is 0 Å². The van der Waals surface area contributed by atoms with E-state index in [0.717, 1.165) is 25.6 Å². The number of hydrogen-bond acceptors (Lipinski definition) is 4. The van der Waals surface area contributed by atoms with Crippen LogP contribution in [0.3, 0.4) is 0 Å². The van der Waals surface area contributed by atoms with Gasteiger partial charge < -0.3 is 15.5 Å². The fraction of sp³-hybridized carbons (Fsp3) is 0.773. The van der Waals surface area contributed by atoms with Gasteiger partial charge in [-0.15, -0.1) is 35.3 Å². The van der Waals surface area contributed by atoms with Crippen LogP contribution >= 0.6 is 35.3 Å². The molecule has 1 aromatic heterocycles. The number of guanidine groups is 1. The van der Waals surface area contributed by atoms with E-state index in [2.05, 4.69) is 51.8 Å². The van der Waals surface area contributed by atoms with Gasteiger partial charge in [0.2, 0.25) is 0 Å². The van der Waals surface area contributed by atoms with Crippen molar-refractivity contribution in [2.45, 2.75) is 58.5 Å². The van der Waals surface area contributed by atoms with Crippen molar-refractivity contribution in [2.24, 2.45) is 10.9 Å². The Labute approximate surface area is 198 Å². The zero-order valence-corrected chi connectivity index (χ0v) is 21.4. The molecule has 2 saturated heterocycles. The Hall–Kier alpha value is -0.380. The van der Waals surface area contributed by atoms with Crippen LogP contribution in [0.5, 0.6) is 0 Å². The number of likely N-dealkylation sites (tertiary alicyclic amines) is 2. The fourth-order valence-electron chi connectivity index (χ4n) is 4.42. The highest BCUT2D eigenvalue weighted by molar-refractivity contribution is 14.0. The maximum absolute atomic E-state index is 4.97. The van der Waals surface area contributed by atoms with Gasteiger partial charge in [-0.25, -0.2) is 0 Å². The lowest BCUT2D eigenvalue weighted by atomic mass is 9.98. The summed E-state index contributed by atoms with van der Waals surface area (Å²) in [7, 11) is 0. The Kier molecular flexibility index (Phi) is 11.9. The molecule has 0 amide bonds. The molecule has 7 heteroatoms. The lowest BCUT2D eigenvalue weighted by molar-refractivity contribution is 0.172. The smallest absolute Gasteiger partial charge is 0.191 e. The van der Waals surface area contributed by atoms with Gasteiger partial charge in [-0.2, -0.15) is 0 Å². The molecule has 1 unspecified atom stereocenters. The van der Waals surface area contributed by atoms with E-state index in [1.807, 2.05) is 11.3 Å². The van der Waals surface area contributed by atoms with Crippen LogP contribution in [-0.4, -0.2) is 67.6 Å². The Morgan fingerprint density at radius 3 is 2.69 bits per heavy atom. The summed E-state index contributed by atoms with van der Waals surface area (Å²) in [6.07, 6.45) is 6.31. The van der Waals surface area contributed by atoms with Crippen LogP contribution in [0.4, 0.5) is 0 Å². The second-order valence-corrected chi connectivity index (χ2v) is 9.33. The number of aliphatic imine (C=N–C) groups is 1. The molecule has 0 aliphatic carbocycles. The number of rotatable bonds is 8. The highest BCUT2D eigenvalue weighted by atomic mass is 127. The van der Waals surface area contributed by atoms with Crippen molar-refractivity contribution in [3.05, 3.63) is 22.4 Å². The number of hydrogen-bond donors (Lipinski definition) is 2. The van der Waals surface area contributed by atoms with Gasteiger partial charge in [-0.1, -0.05) is 13.0 Å². The molecule has 5 nitrogen and oxygen atoms in total. The summed E-state index contributed by atoms with van der Waals surface area (Å²) >= 11 is 1.87. The third-order valence-corrected chi connectivity index (χ3v) is 6.74. The predicted octanol–water partition coefficient (Wildman–Crippen LogP) is 4.01. The van der Waals surface area contributed by atoms with E-state index in [4.69, 9.17) is 4.99 Å². The van der Waals surface area contributed by atoms with E-state index < -0.39 is 0 Å². The Morgan fingerprint density at radius 1 is 1.17 bits per heavy atom. The van der Waals surface area contributed by atoms with Crippen LogP contribution in [0.15, 0.2) is 22.5 Å².